The van der Waals surface area contributed by atoms with Gasteiger partial charge in [0.2, 0.25) is 15.9 Å². The molecule has 128 valence electrons. The summed E-state index contributed by atoms with van der Waals surface area (Å²) in [5.41, 5.74) is 2.38. The predicted octanol–water partition coefficient (Wildman–Crippen LogP) is 1.86. The SMILES string of the molecule is Cc1ccc(N([C@H](C)C(=O)NCc2ccncc2)S(C)(=O)=O)cc1. The topological polar surface area (TPSA) is 79.4 Å². The van der Waals surface area contributed by atoms with Crippen molar-refractivity contribution in [3.63, 3.8) is 0 Å². The van der Waals surface area contributed by atoms with Crippen molar-refractivity contribution in [3.8, 4) is 0 Å². The molecule has 0 aliphatic heterocycles. The highest BCUT2D eigenvalue weighted by molar-refractivity contribution is 7.92. The molecule has 0 aliphatic rings. The lowest BCUT2D eigenvalue weighted by molar-refractivity contribution is -0.122. The number of benzene rings is 1. The van der Waals surface area contributed by atoms with Crippen LogP contribution in [0.25, 0.3) is 0 Å². The monoisotopic (exact) mass is 347 g/mol. The molecule has 0 radical (unpaired) electrons. The number of hydrogen-bond donors (Lipinski definition) is 1. The summed E-state index contributed by atoms with van der Waals surface area (Å²) in [6, 6.07) is 9.75. The van der Waals surface area contributed by atoms with Crippen molar-refractivity contribution < 1.29 is 13.2 Å². The largest absolute Gasteiger partial charge is 0.350 e. The highest BCUT2D eigenvalue weighted by Crippen LogP contribution is 2.21. The van der Waals surface area contributed by atoms with Gasteiger partial charge in [0.05, 0.1) is 11.9 Å². The average molecular weight is 347 g/mol. The number of rotatable bonds is 6. The van der Waals surface area contributed by atoms with E-state index in [-0.39, 0.29) is 5.91 Å². The quantitative estimate of drug-likeness (QED) is 0.865. The number of nitrogens with one attached hydrogen (secondary N) is 1. The third-order valence-electron chi connectivity index (χ3n) is 3.59. The van der Waals surface area contributed by atoms with E-state index in [9.17, 15) is 13.2 Å². The van der Waals surface area contributed by atoms with E-state index in [2.05, 4.69) is 10.3 Å². The Balaban J connectivity index is 2.17. The van der Waals surface area contributed by atoms with Gasteiger partial charge in [0, 0.05) is 18.9 Å². The standard InChI is InChI=1S/C17H21N3O3S/c1-13-4-6-16(7-5-13)20(24(3,22)23)14(2)17(21)19-12-15-8-10-18-11-9-15/h4-11,14H,12H2,1-3H3,(H,19,21)/t14-/m1/s1. The van der Waals surface area contributed by atoms with Crippen LogP contribution in [0.3, 0.4) is 0 Å². The molecule has 0 fully saturated rings. The molecule has 0 saturated heterocycles. The summed E-state index contributed by atoms with van der Waals surface area (Å²) in [4.78, 5) is 16.3. The molecule has 1 N–H and O–H groups in total. The molecule has 1 aromatic carbocycles. The van der Waals surface area contributed by atoms with Gasteiger partial charge in [-0.15, -0.1) is 0 Å². The first-order valence-corrected chi connectivity index (χ1v) is 9.36. The fourth-order valence-corrected chi connectivity index (χ4v) is 3.51. The van der Waals surface area contributed by atoms with Crippen LogP contribution in [0, 0.1) is 6.92 Å². The van der Waals surface area contributed by atoms with E-state index in [4.69, 9.17) is 0 Å². The highest BCUT2D eigenvalue weighted by Gasteiger charge is 2.28. The van der Waals surface area contributed by atoms with Crippen molar-refractivity contribution in [1.29, 1.82) is 0 Å². The van der Waals surface area contributed by atoms with Gasteiger partial charge < -0.3 is 5.32 Å². The van der Waals surface area contributed by atoms with Crippen molar-refractivity contribution >= 4 is 21.6 Å². The van der Waals surface area contributed by atoms with Gasteiger partial charge in [-0.05, 0) is 43.7 Å². The number of sulfonamides is 1. The van der Waals surface area contributed by atoms with E-state index >= 15 is 0 Å². The van der Waals surface area contributed by atoms with E-state index in [0.29, 0.717) is 12.2 Å². The van der Waals surface area contributed by atoms with E-state index in [0.717, 1.165) is 21.7 Å². The molecule has 6 nitrogen and oxygen atoms in total. The minimum atomic E-state index is -3.60. The molecule has 0 aliphatic carbocycles. The van der Waals surface area contributed by atoms with Crippen molar-refractivity contribution in [2.45, 2.75) is 26.4 Å². The maximum Gasteiger partial charge on any atom is 0.243 e. The van der Waals surface area contributed by atoms with Gasteiger partial charge in [0.1, 0.15) is 6.04 Å². The second-order valence-electron chi connectivity index (χ2n) is 5.64. The number of nitrogens with zero attached hydrogens (tertiary/aromatic N) is 2. The summed E-state index contributed by atoms with van der Waals surface area (Å²) in [7, 11) is -3.60. The minimum absolute atomic E-state index is 0.317. The van der Waals surface area contributed by atoms with E-state index in [1.54, 1.807) is 43.6 Å². The van der Waals surface area contributed by atoms with E-state index < -0.39 is 16.1 Å². The average Bonchev–Trinajstić information content (AvgIpc) is 2.54. The zero-order chi connectivity index (χ0) is 17.7. The van der Waals surface area contributed by atoms with Gasteiger partial charge in [-0.3, -0.25) is 14.1 Å². The van der Waals surface area contributed by atoms with Crippen molar-refractivity contribution in [2.75, 3.05) is 10.6 Å². The van der Waals surface area contributed by atoms with Gasteiger partial charge >= 0.3 is 0 Å². The Morgan fingerprint density at radius 2 is 1.75 bits per heavy atom. The molecule has 0 spiro atoms. The molecule has 1 atom stereocenters. The Hall–Kier alpha value is -2.41. The fraction of sp³-hybridized carbons (Fsp3) is 0.294. The lowest BCUT2D eigenvalue weighted by Crippen LogP contribution is -2.47. The molecule has 1 aromatic heterocycles. The number of aryl methyl sites for hydroxylation is 1. The summed E-state index contributed by atoms with van der Waals surface area (Å²) in [5.74, 6) is -0.363. The maximum absolute atomic E-state index is 12.4. The van der Waals surface area contributed by atoms with Crippen LogP contribution in [0.5, 0.6) is 0 Å². The maximum atomic E-state index is 12.4. The normalized spacial score (nSPS) is 12.5. The van der Waals surface area contributed by atoms with Crippen LogP contribution >= 0.6 is 0 Å². The number of carbonyl (C=O) groups is 1. The minimum Gasteiger partial charge on any atom is -0.350 e. The van der Waals surface area contributed by atoms with Gasteiger partial charge in [-0.1, -0.05) is 17.7 Å². The molecule has 2 aromatic rings. The number of pyridine rings is 1. The summed E-state index contributed by atoms with van der Waals surface area (Å²) >= 11 is 0. The van der Waals surface area contributed by atoms with Crippen molar-refractivity contribution in [2.24, 2.45) is 0 Å². The summed E-state index contributed by atoms with van der Waals surface area (Å²) in [6.07, 6.45) is 4.37. The van der Waals surface area contributed by atoms with Crippen LogP contribution in [0.2, 0.25) is 0 Å². The van der Waals surface area contributed by atoms with Crippen LogP contribution in [0.1, 0.15) is 18.1 Å². The molecule has 0 bridgehead atoms. The predicted molar refractivity (Wildman–Crippen MR) is 94.0 cm³/mol. The second-order valence-corrected chi connectivity index (χ2v) is 7.50. The third kappa shape index (κ3) is 4.55. The Morgan fingerprint density at radius 1 is 1.17 bits per heavy atom. The smallest absolute Gasteiger partial charge is 0.243 e. The first-order chi connectivity index (χ1) is 11.3. The van der Waals surface area contributed by atoms with Crippen LogP contribution in [0.15, 0.2) is 48.8 Å². The summed E-state index contributed by atoms with van der Waals surface area (Å²) < 4.78 is 25.5. The van der Waals surface area contributed by atoms with Crippen LogP contribution in [-0.2, 0) is 21.4 Å². The van der Waals surface area contributed by atoms with Gasteiger partial charge in [-0.2, -0.15) is 0 Å². The number of carbonyl (C=O) groups excluding carboxylic acids is 1. The number of anilines is 1. The molecule has 1 amide bonds. The molecular weight excluding hydrogens is 326 g/mol. The molecule has 0 unspecified atom stereocenters. The zero-order valence-electron chi connectivity index (χ0n) is 13.9. The Labute approximate surface area is 142 Å². The molecular formula is C17H21N3O3S. The number of hydrogen-bond acceptors (Lipinski definition) is 4. The molecule has 2 rings (SSSR count). The number of amides is 1. The van der Waals surface area contributed by atoms with Crippen molar-refractivity contribution in [1.82, 2.24) is 10.3 Å². The zero-order valence-corrected chi connectivity index (χ0v) is 14.7. The van der Waals surface area contributed by atoms with Crippen LogP contribution in [-0.4, -0.2) is 31.6 Å². The molecule has 7 heteroatoms. The van der Waals surface area contributed by atoms with Gasteiger partial charge in [-0.25, -0.2) is 8.42 Å². The lowest BCUT2D eigenvalue weighted by Gasteiger charge is -2.28. The first kappa shape index (κ1) is 17.9. The Morgan fingerprint density at radius 3 is 2.29 bits per heavy atom. The molecule has 0 saturated carbocycles. The van der Waals surface area contributed by atoms with Crippen LogP contribution < -0.4 is 9.62 Å². The highest BCUT2D eigenvalue weighted by atomic mass is 32.2. The lowest BCUT2D eigenvalue weighted by atomic mass is 10.2. The van der Waals surface area contributed by atoms with Gasteiger partial charge in [0.25, 0.3) is 0 Å². The molecule has 24 heavy (non-hydrogen) atoms. The number of aromatic nitrogens is 1. The Kier molecular flexibility index (Phi) is 5.56. The fourth-order valence-electron chi connectivity index (χ4n) is 2.34. The van der Waals surface area contributed by atoms with Gasteiger partial charge in [0.15, 0.2) is 0 Å². The summed E-state index contributed by atoms with van der Waals surface area (Å²) in [5, 5.41) is 2.76. The molecule has 1 heterocycles. The van der Waals surface area contributed by atoms with E-state index in [1.807, 2.05) is 19.1 Å². The second kappa shape index (κ2) is 7.44. The summed E-state index contributed by atoms with van der Waals surface area (Å²) in [6.45, 7) is 3.80. The van der Waals surface area contributed by atoms with Crippen LogP contribution in [0.4, 0.5) is 5.69 Å². The third-order valence-corrected chi connectivity index (χ3v) is 4.83. The first-order valence-electron chi connectivity index (χ1n) is 7.51. The van der Waals surface area contributed by atoms with E-state index in [1.165, 1.54) is 0 Å². The Bertz CT molecular complexity index is 790. The van der Waals surface area contributed by atoms with Crippen molar-refractivity contribution in [3.05, 3.63) is 59.9 Å².